The molecule has 0 atom stereocenters. The lowest BCUT2D eigenvalue weighted by molar-refractivity contribution is -0.112. The highest BCUT2D eigenvalue weighted by molar-refractivity contribution is 7.89. The highest BCUT2D eigenvalue weighted by Crippen LogP contribution is 2.42. The molecule has 3 rings (SSSR count). The summed E-state index contributed by atoms with van der Waals surface area (Å²) in [6, 6.07) is 4.99. The second kappa shape index (κ2) is 6.92. The number of allylic oxidation sites excluding steroid dienone is 1. The molecule has 5 nitrogen and oxygen atoms in total. The van der Waals surface area contributed by atoms with Crippen LogP contribution in [-0.4, -0.2) is 27.9 Å². The van der Waals surface area contributed by atoms with Crippen LogP contribution in [0.5, 0.6) is 0 Å². The first-order chi connectivity index (χ1) is 11.8. The summed E-state index contributed by atoms with van der Waals surface area (Å²) >= 11 is 0. The zero-order valence-corrected chi connectivity index (χ0v) is 15.9. The largest absolute Gasteiger partial charge is 0.311 e. The third kappa shape index (κ3) is 3.51. The van der Waals surface area contributed by atoms with Gasteiger partial charge in [-0.2, -0.15) is 0 Å². The van der Waals surface area contributed by atoms with E-state index in [1.54, 1.807) is 30.1 Å². The quantitative estimate of drug-likeness (QED) is 0.817. The Morgan fingerprint density at radius 1 is 1.20 bits per heavy atom. The van der Waals surface area contributed by atoms with Gasteiger partial charge >= 0.3 is 0 Å². The molecule has 0 unspecified atom stereocenters. The molecule has 1 heterocycles. The van der Waals surface area contributed by atoms with E-state index >= 15 is 0 Å². The van der Waals surface area contributed by atoms with Gasteiger partial charge in [-0.3, -0.25) is 4.79 Å². The molecule has 2 aliphatic rings. The number of carbonyl (C=O) groups excluding carboxylic acids is 1. The lowest BCUT2D eigenvalue weighted by Crippen LogP contribution is -2.25. The first kappa shape index (κ1) is 18.1. The molecule has 1 aliphatic carbocycles. The molecule has 0 radical (unpaired) electrons. The van der Waals surface area contributed by atoms with Gasteiger partial charge in [-0.05, 0) is 56.2 Å². The summed E-state index contributed by atoms with van der Waals surface area (Å²) in [7, 11) is -1.81. The van der Waals surface area contributed by atoms with Gasteiger partial charge in [0.2, 0.25) is 10.0 Å². The fourth-order valence-corrected chi connectivity index (χ4v) is 4.60. The molecular weight excluding hydrogens is 336 g/mol. The van der Waals surface area contributed by atoms with Crippen molar-refractivity contribution in [2.45, 2.75) is 50.8 Å². The molecular formula is C19H26N2O3S. The van der Waals surface area contributed by atoms with E-state index in [4.69, 9.17) is 0 Å². The fraction of sp³-hybridized carbons (Fsp3) is 0.526. The van der Waals surface area contributed by atoms with Crippen LogP contribution in [0.1, 0.15) is 51.5 Å². The lowest BCUT2D eigenvalue weighted by atomic mass is 10.00. The Kier molecular flexibility index (Phi) is 5.02. The smallest absolute Gasteiger partial charge is 0.258 e. The van der Waals surface area contributed by atoms with E-state index in [-0.39, 0.29) is 10.8 Å². The standard InChI is InChI=1S/C19H26N2O3S/c1-13(2)10-11-20-25(23,24)15-8-9-17-16(12-15)18(19(22)21(17)3)14-6-4-5-7-14/h8-9,12-13,20H,4-7,10-11H2,1-3H3. The number of nitrogens with one attached hydrogen (secondary N) is 1. The highest BCUT2D eigenvalue weighted by atomic mass is 32.2. The van der Waals surface area contributed by atoms with Gasteiger partial charge in [-0.25, -0.2) is 13.1 Å². The molecule has 25 heavy (non-hydrogen) atoms. The Morgan fingerprint density at radius 3 is 2.52 bits per heavy atom. The Balaban J connectivity index is 1.96. The molecule has 1 aliphatic heterocycles. The van der Waals surface area contributed by atoms with E-state index in [0.29, 0.717) is 18.0 Å². The number of amides is 1. The summed E-state index contributed by atoms with van der Waals surface area (Å²) in [6.45, 7) is 4.54. The van der Waals surface area contributed by atoms with Crippen LogP contribution in [-0.2, 0) is 14.8 Å². The summed E-state index contributed by atoms with van der Waals surface area (Å²) in [4.78, 5) is 14.5. The molecule has 1 aromatic rings. The van der Waals surface area contributed by atoms with Gasteiger partial charge < -0.3 is 4.90 Å². The minimum absolute atomic E-state index is 0.0192. The number of anilines is 1. The van der Waals surface area contributed by atoms with Gasteiger partial charge in [0, 0.05) is 24.7 Å². The normalized spacial score (nSPS) is 17.8. The number of sulfonamides is 1. The van der Waals surface area contributed by atoms with Crippen LogP contribution >= 0.6 is 0 Å². The highest BCUT2D eigenvalue weighted by Gasteiger charge is 2.34. The number of fused-ring (bicyclic) bond motifs is 1. The van der Waals surface area contributed by atoms with Crippen LogP contribution in [0.25, 0.3) is 5.57 Å². The van der Waals surface area contributed by atoms with E-state index in [1.165, 1.54) is 0 Å². The van der Waals surface area contributed by atoms with Crippen LogP contribution in [0.4, 0.5) is 5.69 Å². The van der Waals surface area contributed by atoms with E-state index in [1.807, 2.05) is 0 Å². The van der Waals surface area contributed by atoms with Crippen LogP contribution in [0.15, 0.2) is 28.7 Å². The summed E-state index contributed by atoms with van der Waals surface area (Å²) in [5.41, 5.74) is 3.43. The van der Waals surface area contributed by atoms with Crippen LogP contribution in [0.3, 0.4) is 0 Å². The number of rotatable bonds is 5. The second-order valence-electron chi connectivity index (χ2n) is 7.31. The molecule has 1 N–H and O–H groups in total. The molecule has 0 bridgehead atoms. The van der Waals surface area contributed by atoms with Crippen molar-refractivity contribution < 1.29 is 13.2 Å². The van der Waals surface area contributed by atoms with E-state index in [2.05, 4.69) is 18.6 Å². The maximum Gasteiger partial charge on any atom is 0.258 e. The minimum atomic E-state index is -3.56. The van der Waals surface area contributed by atoms with Gasteiger partial charge in [-0.15, -0.1) is 0 Å². The number of nitrogens with zero attached hydrogens (tertiary/aromatic N) is 1. The van der Waals surface area contributed by atoms with Crippen molar-refractivity contribution in [3.8, 4) is 0 Å². The van der Waals surface area contributed by atoms with Crippen molar-refractivity contribution in [2.75, 3.05) is 18.5 Å². The van der Waals surface area contributed by atoms with Crippen LogP contribution < -0.4 is 9.62 Å². The van der Waals surface area contributed by atoms with E-state index < -0.39 is 10.0 Å². The SMILES string of the molecule is CC(C)CCNS(=O)(=O)c1ccc2c(c1)C(=C1CCCC1)C(=O)N2C. The predicted octanol–water partition coefficient (Wildman–Crippen LogP) is 3.32. The van der Waals surface area contributed by atoms with Crippen LogP contribution in [0, 0.1) is 5.92 Å². The second-order valence-corrected chi connectivity index (χ2v) is 9.08. The zero-order chi connectivity index (χ0) is 18.2. The average molecular weight is 362 g/mol. The Morgan fingerprint density at radius 2 is 1.88 bits per heavy atom. The Labute approximate surface area is 150 Å². The fourth-order valence-electron chi connectivity index (χ4n) is 3.53. The van der Waals surface area contributed by atoms with Crippen molar-refractivity contribution in [3.63, 3.8) is 0 Å². The van der Waals surface area contributed by atoms with Crippen molar-refractivity contribution in [2.24, 2.45) is 5.92 Å². The molecule has 0 aromatic heterocycles. The van der Waals surface area contributed by atoms with E-state index in [9.17, 15) is 13.2 Å². The molecule has 1 fully saturated rings. The van der Waals surface area contributed by atoms with Crippen LogP contribution in [0.2, 0.25) is 0 Å². The number of hydrogen-bond acceptors (Lipinski definition) is 3. The minimum Gasteiger partial charge on any atom is -0.311 e. The topological polar surface area (TPSA) is 66.5 Å². The molecule has 1 aromatic carbocycles. The molecule has 0 saturated heterocycles. The monoisotopic (exact) mass is 362 g/mol. The predicted molar refractivity (Wildman–Crippen MR) is 99.9 cm³/mol. The molecule has 0 spiro atoms. The lowest BCUT2D eigenvalue weighted by Gasteiger charge is -2.11. The number of likely N-dealkylation sites (N-methyl/N-ethyl adjacent to an activating group) is 1. The van der Waals surface area contributed by atoms with Crippen molar-refractivity contribution >= 4 is 27.2 Å². The van der Waals surface area contributed by atoms with Gasteiger partial charge in [0.25, 0.3) is 5.91 Å². The van der Waals surface area contributed by atoms with Gasteiger partial charge in [0.15, 0.2) is 0 Å². The van der Waals surface area contributed by atoms with Crippen molar-refractivity contribution in [3.05, 3.63) is 29.3 Å². The van der Waals surface area contributed by atoms with Crippen molar-refractivity contribution in [1.82, 2.24) is 4.72 Å². The molecule has 1 amide bonds. The number of hydrogen-bond donors (Lipinski definition) is 1. The summed E-state index contributed by atoms with van der Waals surface area (Å²) in [5.74, 6) is 0.418. The molecule has 1 saturated carbocycles. The number of benzene rings is 1. The first-order valence-corrected chi connectivity index (χ1v) is 10.4. The third-order valence-electron chi connectivity index (χ3n) is 5.00. The number of carbonyl (C=O) groups is 1. The third-order valence-corrected chi connectivity index (χ3v) is 6.46. The van der Waals surface area contributed by atoms with Gasteiger partial charge in [0.05, 0.1) is 10.6 Å². The maximum absolute atomic E-state index is 12.7. The summed E-state index contributed by atoms with van der Waals surface area (Å²) in [5, 5.41) is 0. The van der Waals surface area contributed by atoms with E-state index in [0.717, 1.165) is 48.9 Å². The Bertz CT molecular complexity index is 817. The zero-order valence-electron chi connectivity index (χ0n) is 15.1. The Hall–Kier alpha value is -1.66. The molecule has 136 valence electrons. The van der Waals surface area contributed by atoms with Gasteiger partial charge in [-0.1, -0.05) is 19.4 Å². The average Bonchev–Trinajstić information content (AvgIpc) is 3.14. The molecule has 6 heteroatoms. The summed E-state index contributed by atoms with van der Waals surface area (Å²) in [6.07, 6.45) is 4.84. The summed E-state index contributed by atoms with van der Waals surface area (Å²) < 4.78 is 27.8. The first-order valence-electron chi connectivity index (χ1n) is 8.95. The van der Waals surface area contributed by atoms with Crippen molar-refractivity contribution in [1.29, 1.82) is 0 Å². The maximum atomic E-state index is 12.7. The van der Waals surface area contributed by atoms with Gasteiger partial charge in [0.1, 0.15) is 0 Å².